The Morgan fingerprint density at radius 1 is 1.14 bits per heavy atom. The van der Waals surface area contributed by atoms with E-state index >= 15 is 0 Å². The molecule has 0 aliphatic carbocycles. The summed E-state index contributed by atoms with van der Waals surface area (Å²) < 4.78 is 46.7. The Morgan fingerprint density at radius 2 is 1.90 bits per heavy atom. The molecule has 1 aromatic carbocycles. The Balaban J connectivity index is 1.59. The number of rotatable bonds is 7. The number of ether oxygens (including phenoxy) is 1. The lowest BCUT2D eigenvalue weighted by molar-refractivity contribution is -0.137. The highest BCUT2D eigenvalue weighted by atomic mass is 19.4. The zero-order valence-corrected chi connectivity index (χ0v) is 15.9. The van der Waals surface area contributed by atoms with Crippen molar-refractivity contribution in [3.05, 3.63) is 65.7 Å². The average Bonchev–Trinajstić information content (AvgIpc) is 3.34. The first kappa shape index (κ1) is 20.4. The molecule has 3 aromatic rings. The van der Waals surface area contributed by atoms with Gasteiger partial charge in [-0.2, -0.15) is 23.4 Å². The SMILES string of the molecule is CCn1ccc(CN(C)C(=O)c2ccn(COc3cccc(C(F)(F)F)c3)n2)n1. The number of nitrogens with zero attached hydrogens (tertiary/aromatic N) is 5. The summed E-state index contributed by atoms with van der Waals surface area (Å²) in [5.41, 5.74) is 0.170. The van der Waals surface area contributed by atoms with Crippen molar-refractivity contribution in [3.8, 4) is 5.75 Å². The first-order valence-electron chi connectivity index (χ1n) is 8.87. The molecule has 0 unspecified atom stereocenters. The highest BCUT2D eigenvalue weighted by Crippen LogP contribution is 2.31. The number of halogens is 3. The van der Waals surface area contributed by atoms with Crippen LogP contribution in [0.25, 0.3) is 0 Å². The van der Waals surface area contributed by atoms with Crippen molar-refractivity contribution < 1.29 is 22.7 Å². The van der Waals surface area contributed by atoms with E-state index in [9.17, 15) is 18.0 Å². The Hall–Kier alpha value is -3.30. The first-order chi connectivity index (χ1) is 13.8. The summed E-state index contributed by atoms with van der Waals surface area (Å²) >= 11 is 0. The van der Waals surface area contributed by atoms with Gasteiger partial charge in [0.15, 0.2) is 12.4 Å². The third-order valence-corrected chi connectivity index (χ3v) is 4.15. The summed E-state index contributed by atoms with van der Waals surface area (Å²) in [5.74, 6) is -0.235. The Kier molecular flexibility index (Phi) is 5.90. The smallest absolute Gasteiger partial charge is 0.416 e. The summed E-state index contributed by atoms with van der Waals surface area (Å²) in [6.45, 7) is 2.92. The molecule has 0 radical (unpaired) electrons. The monoisotopic (exact) mass is 407 g/mol. The fourth-order valence-corrected chi connectivity index (χ4v) is 2.63. The van der Waals surface area contributed by atoms with Crippen LogP contribution in [-0.2, 0) is 26.0 Å². The molecule has 0 bridgehead atoms. The van der Waals surface area contributed by atoms with Crippen molar-refractivity contribution in [3.63, 3.8) is 0 Å². The van der Waals surface area contributed by atoms with Crippen molar-refractivity contribution in [1.82, 2.24) is 24.5 Å². The van der Waals surface area contributed by atoms with E-state index in [2.05, 4.69) is 10.2 Å². The zero-order valence-electron chi connectivity index (χ0n) is 15.9. The minimum atomic E-state index is -4.44. The maximum absolute atomic E-state index is 12.8. The van der Waals surface area contributed by atoms with Gasteiger partial charge in [-0.25, -0.2) is 4.68 Å². The van der Waals surface area contributed by atoms with Gasteiger partial charge >= 0.3 is 6.18 Å². The van der Waals surface area contributed by atoms with E-state index in [-0.39, 0.29) is 24.1 Å². The molecule has 7 nitrogen and oxygen atoms in total. The van der Waals surface area contributed by atoms with E-state index in [4.69, 9.17) is 4.74 Å². The summed E-state index contributed by atoms with van der Waals surface area (Å²) in [4.78, 5) is 14.0. The Labute approximate surface area is 165 Å². The molecule has 0 fully saturated rings. The van der Waals surface area contributed by atoms with Gasteiger partial charge in [0.25, 0.3) is 5.91 Å². The van der Waals surface area contributed by atoms with Crippen molar-refractivity contribution >= 4 is 5.91 Å². The fourth-order valence-electron chi connectivity index (χ4n) is 2.63. The molecule has 0 spiro atoms. The fraction of sp³-hybridized carbons (Fsp3) is 0.316. The van der Waals surface area contributed by atoms with Crippen molar-refractivity contribution in [1.29, 1.82) is 0 Å². The van der Waals surface area contributed by atoms with E-state index in [0.29, 0.717) is 6.54 Å². The van der Waals surface area contributed by atoms with E-state index in [1.54, 1.807) is 11.7 Å². The number of aromatic nitrogens is 4. The van der Waals surface area contributed by atoms with Crippen LogP contribution in [0.1, 0.15) is 28.7 Å². The molecule has 0 saturated heterocycles. The number of carbonyl (C=O) groups excluding carboxylic acids is 1. The van der Waals surface area contributed by atoms with Crippen LogP contribution >= 0.6 is 0 Å². The third kappa shape index (κ3) is 5.15. The summed E-state index contributed by atoms with van der Waals surface area (Å²) in [7, 11) is 1.64. The van der Waals surface area contributed by atoms with Crippen LogP contribution in [0.5, 0.6) is 5.75 Å². The second-order valence-corrected chi connectivity index (χ2v) is 6.36. The highest BCUT2D eigenvalue weighted by Gasteiger charge is 2.30. The number of amides is 1. The summed E-state index contributed by atoms with van der Waals surface area (Å²) in [6.07, 6.45) is -1.07. The minimum absolute atomic E-state index is 0.0619. The molecule has 154 valence electrons. The van der Waals surface area contributed by atoms with Gasteiger partial charge in [0.05, 0.1) is 17.8 Å². The van der Waals surface area contributed by atoms with Crippen molar-refractivity contribution in [2.45, 2.75) is 32.9 Å². The third-order valence-electron chi connectivity index (χ3n) is 4.15. The van der Waals surface area contributed by atoms with Gasteiger partial charge in [-0.15, -0.1) is 0 Å². The number of aryl methyl sites for hydroxylation is 1. The number of hydrogen-bond acceptors (Lipinski definition) is 4. The molecular formula is C19H20F3N5O2. The van der Waals surface area contributed by atoms with E-state index < -0.39 is 11.7 Å². The van der Waals surface area contributed by atoms with Gasteiger partial charge in [0.1, 0.15) is 5.75 Å². The molecule has 0 aliphatic rings. The van der Waals surface area contributed by atoms with Crippen LogP contribution in [0.15, 0.2) is 48.8 Å². The quantitative estimate of drug-likeness (QED) is 0.602. The van der Waals surface area contributed by atoms with Gasteiger partial charge in [-0.05, 0) is 37.3 Å². The lowest BCUT2D eigenvalue weighted by atomic mass is 10.2. The predicted molar refractivity (Wildman–Crippen MR) is 98.0 cm³/mol. The van der Waals surface area contributed by atoms with Gasteiger partial charge in [0.2, 0.25) is 0 Å². The normalized spacial score (nSPS) is 11.5. The molecular weight excluding hydrogens is 387 g/mol. The number of alkyl halides is 3. The van der Waals surface area contributed by atoms with Gasteiger partial charge < -0.3 is 9.64 Å². The molecule has 10 heteroatoms. The van der Waals surface area contributed by atoms with Gasteiger partial charge in [-0.3, -0.25) is 9.48 Å². The second-order valence-electron chi connectivity index (χ2n) is 6.36. The number of hydrogen-bond donors (Lipinski definition) is 0. The highest BCUT2D eigenvalue weighted by molar-refractivity contribution is 5.91. The largest absolute Gasteiger partial charge is 0.471 e. The lowest BCUT2D eigenvalue weighted by Crippen LogP contribution is -2.27. The van der Waals surface area contributed by atoms with Crippen LogP contribution in [0.4, 0.5) is 13.2 Å². The van der Waals surface area contributed by atoms with E-state index in [0.717, 1.165) is 24.4 Å². The van der Waals surface area contributed by atoms with Gasteiger partial charge in [-0.1, -0.05) is 6.07 Å². The topological polar surface area (TPSA) is 65.2 Å². The molecule has 0 saturated carbocycles. The molecule has 0 atom stereocenters. The molecule has 0 N–H and O–H groups in total. The molecule has 2 heterocycles. The molecule has 1 amide bonds. The molecule has 2 aromatic heterocycles. The van der Waals surface area contributed by atoms with Crippen LogP contribution in [0.2, 0.25) is 0 Å². The Bertz CT molecular complexity index is 980. The molecule has 29 heavy (non-hydrogen) atoms. The van der Waals surface area contributed by atoms with Crippen LogP contribution < -0.4 is 4.74 Å². The standard InChI is InChI=1S/C19H20F3N5O2/c1-3-26-9-7-15(23-26)12-25(2)18(28)17-8-10-27(24-17)13-29-16-6-4-5-14(11-16)19(20,21)22/h4-11H,3,12-13H2,1-2H3. The minimum Gasteiger partial charge on any atom is -0.471 e. The van der Waals surface area contributed by atoms with Crippen molar-refractivity contribution in [2.75, 3.05) is 7.05 Å². The van der Waals surface area contributed by atoms with E-state index in [1.807, 2.05) is 19.2 Å². The lowest BCUT2D eigenvalue weighted by Gasteiger charge is -2.14. The average molecular weight is 407 g/mol. The second kappa shape index (κ2) is 8.38. The van der Waals surface area contributed by atoms with Crippen molar-refractivity contribution in [2.24, 2.45) is 0 Å². The number of benzene rings is 1. The predicted octanol–water partition coefficient (Wildman–Crippen LogP) is 3.43. The summed E-state index contributed by atoms with van der Waals surface area (Å²) in [5, 5.41) is 8.47. The molecule has 0 aliphatic heterocycles. The summed E-state index contributed by atoms with van der Waals surface area (Å²) in [6, 6.07) is 7.95. The van der Waals surface area contributed by atoms with Crippen LogP contribution in [0, 0.1) is 0 Å². The zero-order chi connectivity index (χ0) is 21.0. The Morgan fingerprint density at radius 3 is 2.59 bits per heavy atom. The van der Waals surface area contributed by atoms with Crippen LogP contribution in [0.3, 0.4) is 0 Å². The van der Waals surface area contributed by atoms with Crippen LogP contribution in [-0.4, -0.2) is 37.4 Å². The maximum Gasteiger partial charge on any atom is 0.416 e. The van der Waals surface area contributed by atoms with E-state index in [1.165, 1.54) is 34.0 Å². The first-order valence-corrected chi connectivity index (χ1v) is 8.87. The van der Waals surface area contributed by atoms with Gasteiger partial charge in [0, 0.05) is 26.0 Å². The molecule has 3 rings (SSSR count). The maximum atomic E-state index is 12.8. The number of carbonyl (C=O) groups is 1.